The fourth-order valence-electron chi connectivity index (χ4n) is 3.04. The lowest BCUT2D eigenvalue weighted by molar-refractivity contribution is 0.630. The van der Waals surface area contributed by atoms with Crippen LogP contribution in [0.1, 0.15) is 24.3 Å². The van der Waals surface area contributed by atoms with E-state index in [1.54, 1.807) is 0 Å². The van der Waals surface area contributed by atoms with Gasteiger partial charge in [0.1, 0.15) is 0 Å². The van der Waals surface area contributed by atoms with Crippen LogP contribution in [0, 0.1) is 5.92 Å². The van der Waals surface area contributed by atoms with Gasteiger partial charge in [-0.25, -0.2) is 0 Å². The quantitative estimate of drug-likeness (QED) is 0.738. The van der Waals surface area contributed by atoms with Crippen molar-refractivity contribution in [1.82, 2.24) is 0 Å². The molecule has 0 radical (unpaired) electrons. The average Bonchev–Trinajstić information content (AvgIpc) is 3.02. The molecule has 0 saturated carbocycles. The average molecular weight is 324 g/mol. The van der Waals surface area contributed by atoms with Crippen LogP contribution in [-0.4, -0.2) is 13.1 Å². The van der Waals surface area contributed by atoms with Crippen molar-refractivity contribution < 1.29 is 0 Å². The number of benzene rings is 1. The summed E-state index contributed by atoms with van der Waals surface area (Å²) in [4.78, 5) is 5.95. The van der Waals surface area contributed by atoms with Crippen LogP contribution in [0.15, 0.2) is 60.8 Å². The Morgan fingerprint density at radius 2 is 2.09 bits per heavy atom. The molecule has 120 valence electrons. The number of hydrogen-bond donors (Lipinski definition) is 0. The Morgan fingerprint density at radius 1 is 1.26 bits per heavy atom. The number of fused-ring (bicyclic) bond motifs is 1. The van der Waals surface area contributed by atoms with Gasteiger partial charge in [0.25, 0.3) is 0 Å². The van der Waals surface area contributed by atoms with Gasteiger partial charge in [0, 0.05) is 23.5 Å². The Hall–Kier alpha value is -2.00. The summed E-state index contributed by atoms with van der Waals surface area (Å²) in [6.07, 6.45) is 2.90. The van der Waals surface area contributed by atoms with Gasteiger partial charge in [-0.2, -0.15) is 0 Å². The molecule has 0 bridgehead atoms. The highest BCUT2D eigenvalue weighted by Gasteiger charge is 2.24. The summed E-state index contributed by atoms with van der Waals surface area (Å²) in [6.45, 7) is 14.6. The maximum atomic E-state index is 4.27. The predicted octanol–water partition coefficient (Wildman–Crippen LogP) is 5.28. The second-order valence-corrected chi connectivity index (χ2v) is 7.49. The molecule has 0 amide bonds. The highest BCUT2D eigenvalue weighted by Crippen LogP contribution is 2.38. The third-order valence-electron chi connectivity index (χ3n) is 4.10. The molecule has 0 spiro atoms. The lowest BCUT2D eigenvalue weighted by Gasteiger charge is -2.39. The van der Waals surface area contributed by atoms with Gasteiger partial charge in [0.2, 0.25) is 0 Å². The number of anilines is 2. The Labute approximate surface area is 143 Å². The topological polar surface area (TPSA) is 6.48 Å². The second-order valence-electron chi connectivity index (χ2n) is 6.46. The van der Waals surface area contributed by atoms with Crippen molar-refractivity contribution in [3.05, 3.63) is 71.2 Å². The van der Waals surface area contributed by atoms with Crippen LogP contribution in [0.3, 0.4) is 0 Å². The van der Waals surface area contributed by atoms with E-state index in [1.807, 2.05) is 17.5 Å². The van der Waals surface area contributed by atoms with Gasteiger partial charge in [0.05, 0.1) is 17.9 Å². The van der Waals surface area contributed by atoms with Crippen LogP contribution < -0.4 is 9.80 Å². The smallest absolute Gasteiger partial charge is 0.0653 e. The van der Waals surface area contributed by atoms with Crippen LogP contribution in [-0.2, 0) is 6.42 Å². The van der Waals surface area contributed by atoms with Crippen LogP contribution in [0.4, 0.5) is 11.4 Å². The monoisotopic (exact) mass is 324 g/mol. The first-order chi connectivity index (χ1) is 11.1. The summed E-state index contributed by atoms with van der Waals surface area (Å²) < 4.78 is 0. The zero-order chi connectivity index (χ0) is 16.4. The maximum absolute atomic E-state index is 4.27. The summed E-state index contributed by atoms with van der Waals surface area (Å²) in [5.41, 5.74) is 4.96. The van der Waals surface area contributed by atoms with E-state index in [0.717, 1.165) is 25.2 Å². The van der Waals surface area contributed by atoms with Crippen LogP contribution in [0.5, 0.6) is 0 Å². The molecule has 3 rings (SSSR count). The minimum Gasteiger partial charge on any atom is -0.342 e. The number of hydrogen-bond acceptors (Lipinski definition) is 3. The zero-order valence-electron chi connectivity index (χ0n) is 14.0. The second kappa shape index (κ2) is 6.63. The third-order valence-corrected chi connectivity index (χ3v) is 4.98. The van der Waals surface area contributed by atoms with Crippen molar-refractivity contribution in [3.8, 4) is 0 Å². The molecule has 3 heteroatoms. The molecule has 1 aromatic carbocycles. The minimum atomic E-state index is 0.598. The molecule has 0 N–H and O–H groups in total. The number of nitrogens with zero attached hydrogens (tertiary/aromatic N) is 2. The first kappa shape index (κ1) is 15.9. The highest BCUT2D eigenvalue weighted by atomic mass is 32.1. The van der Waals surface area contributed by atoms with E-state index in [9.17, 15) is 0 Å². The standard InChI is InChI=1S/C20H24N2S/c1-5-21-14-16(4)22(13-15(2)3)19-9-8-17(12-20(19)21)11-18-7-6-10-23-18/h5-10,12,15H,1,4,11,13-14H2,2-3H3. The molecule has 1 aliphatic rings. The van der Waals surface area contributed by atoms with Crippen molar-refractivity contribution >= 4 is 22.7 Å². The molecule has 0 saturated heterocycles. The molecule has 23 heavy (non-hydrogen) atoms. The van der Waals surface area contributed by atoms with Gasteiger partial charge in [-0.05, 0) is 41.3 Å². The summed E-state index contributed by atoms with van der Waals surface area (Å²) >= 11 is 1.81. The lowest BCUT2D eigenvalue weighted by Crippen LogP contribution is -2.38. The normalized spacial score (nSPS) is 14.3. The molecular formula is C20H24N2S. The van der Waals surface area contributed by atoms with Crippen molar-refractivity contribution in [2.75, 3.05) is 22.9 Å². The predicted molar refractivity (Wildman–Crippen MR) is 102 cm³/mol. The van der Waals surface area contributed by atoms with Gasteiger partial charge in [-0.1, -0.05) is 39.1 Å². The van der Waals surface area contributed by atoms with Crippen molar-refractivity contribution in [3.63, 3.8) is 0 Å². The maximum Gasteiger partial charge on any atom is 0.0653 e. The molecule has 0 unspecified atom stereocenters. The Balaban J connectivity index is 1.96. The van der Waals surface area contributed by atoms with Crippen molar-refractivity contribution in [2.45, 2.75) is 20.3 Å². The molecule has 2 aromatic rings. The van der Waals surface area contributed by atoms with E-state index in [4.69, 9.17) is 0 Å². The number of thiophene rings is 1. The molecule has 1 aliphatic heterocycles. The van der Waals surface area contributed by atoms with Gasteiger partial charge >= 0.3 is 0 Å². The van der Waals surface area contributed by atoms with Crippen molar-refractivity contribution in [2.24, 2.45) is 5.92 Å². The van der Waals surface area contributed by atoms with Crippen LogP contribution in [0.2, 0.25) is 0 Å². The molecule has 0 fully saturated rings. The lowest BCUT2D eigenvalue weighted by atomic mass is 10.0. The summed E-state index contributed by atoms with van der Waals surface area (Å²) in [6, 6.07) is 11.1. The first-order valence-electron chi connectivity index (χ1n) is 8.08. The molecule has 0 aliphatic carbocycles. The summed E-state index contributed by atoms with van der Waals surface area (Å²) in [7, 11) is 0. The largest absolute Gasteiger partial charge is 0.342 e. The SMILES string of the molecule is C=CN1CC(=C)N(CC(C)C)c2ccc(Cc3cccs3)cc21. The number of rotatable bonds is 5. The highest BCUT2D eigenvalue weighted by molar-refractivity contribution is 7.09. The molecule has 0 atom stereocenters. The molecular weight excluding hydrogens is 300 g/mol. The van der Waals surface area contributed by atoms with Crippen LogP contribution >= 0.6 is 11.3 Å². The first-order valence-corrected chi connectivity index (χ1v) is 8.96. The molecule has 1 aromatic heterocycles. The fraction of sp³-hybridized carbons (Fsp3) is 0.300. The summed E-state index contributed by atoms with van der Waals surface area (Å²) in [5.74, 6) is 0.598. The Kier molecular flexibility index (Phi) is 4.58. The van der Waals surface area contributed by atoms with Gasteiger partial charge < -0.3 is 9.80 Å². The van der Waals surface area contributed by atoms with Crippen molar-refractivity contribution in [1.29, 1.82) is 0 Å². The van der Waals surface area contributed by atoms with Gasteiger partial charge in [0.15, 0.2) is 0 Å². The van der Waals surface area contributed by atoms with E-state index in [2.05, 4.69) is 72.5 Å². The Morgan fingerprint density at radius 3 is 2.74 bits per heavy atom. The van der Waals surface area contributed by atoms with E-state index in [-0.39, 0.29) is 0 Å². The van der Waals surface area contributed by atoms with E-state index in [0.29, 0.717) is 5.92 Å². The van der Waals surface area contributed by atoms with E-state index in [1.165, 1.54) is 21.8 Å². The van der Waals surface area contributed by atoms with E-state index < -0.39 is 0 Å². The van der Waals surface area contributed by atoms with Gasteiger partial charge in [-0.3, -0.25) is 0 Å². The fourth-order valence-corrected chi connectivity index (χ4v) is 3.78. The summed E-state index contributed by atoms with van der Waals surface area (Å²) in [5, 5.41) is 2.14. The zero-order valence-corrected chi connectivity index (χ0v) is 14.8. The molecule has 2 nitrogen and oxygen atoms in total. The van der Waals surface area contributed by atoms with Gasteiger partial charge in [-0.15, -0.1) is 11.3 Å². The van der Waals surface area contributed by atoms with Crippen LogP contribution in [0.25, 0.3) is 0 Å². The molecule has 2 heterocycles. The third kappa shape index (κ3) is 3.35. The Bertz CT molecular complexity index is 700. The van der Waals surface area contributed by atoms with E-state index >= 15 is 0 Å². The minimum absolute atomic E-state index is 0.598.